The molecule has 2 rings (SSSR count). The lowest BCUT2D eigenvalue weighted by Crippen LogP contribution is -2.37. The van der Waals surface area contributed by atoms with Gasteiger partial charge in [-0.15, -0.1) is 0 Å². The van der Waals surface area contributed by atoms with Crippen molar-refractivity contribution >= 4 is 6.09 Å². The first-order valence-electron chi connectivity index (χ1n) is 5.78. The van der Waals surface area contributed by atoms with Crippen molar-refractivity contribution in [2.24, 2.45) is 17.6 Å². The molecular formula is C12H20N2O2. The highest BCUT2D eigenvalue weighted by molar-refractivity contribution is 5.68. The van der Waals surface area contributed by atoms with Gasteiger partial charge in [0.05, 0.1) is 0 Å². The molecule has 90 valence electrons. The maximum atomic E-state index is 11.8. The molecule has 0 unspecified atom stereocenters. The van der Waals surface area contributed by atoms with Crippen LogP contribution in [0.5, 0.6) is 0 Å². The zero-order valence-electron chi connectivity index (χ0n) is 10.1. The van der Waals surface area contributed by atoms with Crippen molar-refractivity contribution in [3.8, 4) is 0 Å². The van der Waals surface area contributed by atoms with Crippen LogP contribution in [0.2, 0.25) is 0 Å². The Hall–Kier alpha value is -1.03. The average molecular weight is 224 g/mol. The number of hydrogen-bond acceptors (Lipinski definition) is 3. The highest BCUT2D eigenvalue weighted by Crippen LogP contribution is 2.32. The molecule has 16 heavy (non-hydrogen) atoms. The quantitative estimate of drug-likeness (QED) is 0.632. The van der Waals surface area contributed by atoms with E-state index in [1.165, 1.54) is 0 Å². The summed E-state index contributed by atoms with van der Waals surface area (Å²) in [6.07, 6.45) is 3.95. The van der Waals surface area contributed by atoms with E-state index < -0.39 is 5.60 Å². The molecule has 1 heterocycles. The molecule has 0 aromatic carbocycles. The van der Waals surface area contributed by atoms with Crippen LogP contribution in [-0.4, -0.2) is 35.7 Å². The van der Waals surface area contributed by atoms with E-state index in [9.17, 15) is 4.79 Å². The van der Waals surface area contributed by atoms with E-state index in [0.29, 0.717) is 18.4 Å². The van der Waals surface area contributed by atoms with E-state index in [1.54, 1.807) is 4.90 Å². The van der Waals surface area contributed by atoms with Crippen molar-refractivity contribution in [3.05, 3.63) is 12.2 Å². The maximum Gasteiger partial charge on any atom is 0.410 e. The molecule has 4 nitrogen and oxygen atoms in total. The zero-order chi connectivity index (χ0) is 11.9. The van der Waals surface area contributed by atoms with Gasteiger partial charge in [0.25, 0.3) is 0 Å². The molecule has 2 N–H and O–H groups in total. The van der Waals surface area contributed by atoms with Crippen LogP contribution in [0.25, 0.3) is 0 Å². The van der Waals surface area contributed by atoms with E-state index in [1.807, 2.05) is 26.8 Å². The number of ether oxygens (including phenoxy) is 1. The van der Waals surface area contributed by atoms with Crippen LogP contribution in [0.4, 0.5) is 4.79 Å². The molecule has 0 saturated carbocycles. The maximum absolute atomic E-state index is 11.8. The van der Waals surface area contributed by atoms with Crippen molar-refractivity contribution in [2.45, 2.75) is 32.4 Å². The van der Waals surface area contributed by atoms with E-state index >= 15 is 0 Å². The summed E-state index contributed by atoms with van der Waals surface area (Å²) in [5, 5.41) is 0. The largest absolute Gasteiger partial charge is 0.444 e. The lowest BCUT2D eigenvalue weighted by atomic mass is 9.97. The number of carbonyl (C=O) groups is 1. The second-order valence-electron chi connectivity index (χ2n) is 5.68. The van der Waals surface area contributed by atoms with E-state index in [0.717, 1.165) is 6.54 Å². The molecule has 4 heteroatoms. The monoisotopic (exact) mass is 224 g/mol. The number of nitrogens with two attached hydrogens (primary N) is 1. The fourth-order valence-corrected chi connectivity index (χ4v) is 2.35. The Bertz CT molecular complexity index is 319. The third kappa shape index (κ3) is 2.21. The number of amides is 1. The summed E-state index contributed by atoms with van der Waals surface area (Å²) in [5.74, 6) is 0.801. The molecule has 1 saturated heterocycles. The van der Waals surface area contributed by atoms with Crippen molar-refractivity contribution < 1.29 is 9.53 Å². The normalized spacial score (nSPS) is 33.0. The summed E-state index contributed by atoms with van der Waals surface area (Å²) in [4.78, 5) is 13.6. The van der Waals surface area contributed by atoms with Crippen molar-refractivity contribution in [1.82, 2.24) is 4.90 Å². The lowest BCUT2D eigenvalue weighted by Gasteiger charge is -2.24. The minimum atomic E-state index is -0.424. The summed E-state index contributed by atoms with van der Waals surface area (Å²) >= 11 is 0. The topological polar surface area (TPSA) is 55.6 Å². The summed E-state index contributed by atoms with van der Waals surface area (Å²) in [7, 11) is 0. The van der Waals surface area contributed by atoms with Crippen LogP contribution in [-0.2, 0) is 4.74 Å². The highest BCUT2D eigenvalue weighted by Gasteiger charge is 2.40. The summed E-state index contributed by atoms with van der Waals surface area (Å²) in [6, 6.07) is 0.0948. The van der Waals surface area contributed by atoms with Gasteiger partial charge >= 0.3 is 6.09 Å². The Balaban J connectivity index is 1.94. The van der Waals surface area contributed by atoms with Gasteiger partial charge in [-0.3, -0.25) is 0 Å². The summed E-state index contributed by atoms with van der Waals surface area (Å²) < 4.78 is 5.34. The van der Waals surface area contributed by atoms with Gasteiger partial charge in [0, 0.05) is 31.0 Å². The van der Waals surface area contributed by atoms with Gasteiger partial charge in [-0.1, -0.05) is 12.2 Å². The predicted octanol–water partition coefficient (Wildman–Crippen LogP) is 1.37. The molecule has 2 aliphatic rings. The van der Waals surface area contributed by atoms with Gasteiger partial charge in [-0.25, -0.2) is 4.79 Å². The van der Waals surface area contributed by atoms with Gasteiger partial charge in [0.15, 0.2) is 0 Å². The van der Waals surface area contributed by atoms with Crippen molar-refractivity contribution in [1.29, 1.82) is 0 Å². The van der Waals surface area contributed by atoms with Gasteiger partial charge in [-0.05, 0) is 20.8 Å². The third-order valence-corrected chi connectivity index (χ3v) is 3.14. The Morgan fingerprint density at radius 2 is 2.06 bits per heavy atom. The standard InChI is InChI=1S/C12H20N2O2/c1-12(2,3)16-11(15)14-6-8-4-5-10(13)9(8)7-14/h4-5,8-10H,6-7,13H2,1-3H3/t8-,9-,10+/m0/s1. The lowest BCUT2D eigenvalue weighted by molar-refractivity contribution is 0.0284. The molecular weight excluding hydrogens is 204 g/mol. The Morgan fingerprint density at radius 1 is 1.38 bits per heavy atom. The van der Waals surface area contributed by atoms with Crippen LogP contribution in [0.1, 0.15) is 20.8 Å². The Morgan fingerprint density at radius 3 is 2.62 bits per heavy atom. The van der Waals surface area contributed by atoms with Crippen molar-refractivity contribution in [2.75, 3.05) is 13.1 Å². The second kappa shape index (κ2) is 3.77. The molecule has 3 atom stereocenters. The predicted molar refractivity (Wildman–Crippen MR) is 61.9 cm³/mol. The van der Waals surface area contributed by atoms with Gasteiger partial charge in [0.1, 0.15) is 5.60 Å². The van der Waals surface area contributed by atoms with Crippen LogP contribution in [0, 0.1) is 11.8 Å². The average Bonchev–Trinajstić information content (AvgIpc) is 2.65. The number of carbonyl (C=O) groups excluding carboxylic acids is 1. The molecule has 1 aliphatic heterocycles. The molecule has 0 aromatic rings. The van der Waals surface area contributed by atoms with Gasteiger partial charge < -0.3 is 15.4 Å². The molecule has 0 aromatic heterocycles. The van der Waals surface area contributed by atoms with Gasteiger partial charge in [0.2, 0.25) is 0 Å². The second-order valence-corrected chi connectivity index (χ2v) is 5.68. The molecule has 1 amide bonds. The first-order valence-corrected chi connectivity index (χ1v) is 5.78. The first kappa shape index (κ1) is 11.5. The fourth-order valence-electron chi connectivity index (χ4n) is 2.35. The van der Waals surface area contributed by atoms with E-state index in [4.69, 9.17) is 10.5 Å². The number of fused-ring (bicyclic) bond motifs is 1. The molecule has 1 aliphatic carbocycles. The van der Waals surface area contributed by atoms with Crippen LogP contribution >= 0.6 is 0 Å². The molecule has 0 spiro atoms. The van der Waals surface area contributed by atoms with E-state index in [-0.39, 0.29) is 12.1 Å². The number of likely N-dealkylation sites (tertiary alicyclic amines) is 1. The van der Waals surface area contributed by atoms with E-state index in [2.05, 4.69) is 6.08 Å². The third-order valence-electron chi connectivity index (χ3n) is 3.14. The number of rotatable bonds is 0. The molecule has 0 bridgehead atoms. The highest BCUT2D eigenvalue weighted by atomic mass is 16.6. The first-order chi connectivity index (χ1) is 7.37. The fraction of sp³-hybridized carbons (Fsp3) is 0.750. The van der Waals surface area contributed by atoms with Crippen LogP contribution in [0.15, 0.2) is 12.2 Å². The molecule has 0 radical (unpaired) electrons. The minimum Gasteiger partial charge on any atom is -0.444 e. The minimum absolute atomic E-state index is 0.0948. The summed E-state index contributed by atoms with van der Waals surface area (Å²) in [6.45, 7) is 7.10. The van der Waals surface area contributed by atoms with Crippen LogP contribution in [0.3, 0.4) is 0 Å². The number of nitrogens with zero attached hydrogens (tertiary/aromatic N) is 1. The zero-order valence-corrected chi connectivity index (χ0v) is 10.1. The van der Waals surface area contributed by atoms with Gasteiger partial charge in [-0.2, -0.15) is 0 Å². The van der Waals surface area contributed by atoms with Crippen molar-refractivity contribution in [3.63, 3.8) is 0 Å². The van der Waals surface area contributed by atoms with Crippen LogP contribution < -0.4 is 5.73 Å². The smallest absolute Gasteiger partial charge is 0.410 e. The Labute approximate surface area is 96.4 Å². The number of hydrogen-bond donors (Lipinski definition) is 1. The summed E-state index contributed by atoms with van der Waals surface area (Å²) in [5.41, 5.74) is 5.52. The Kier molecular flexibility index (Phi) is 2.70. The SMILES string of the molecule is CC(C)(C)OC(=O)N1C[C@@H]2[C@H](N)C=C[C@H]2C1. The molecule has 1 fully saturated rings.